The van der Waals surface area contributed by atoms with Crippen molar-refractivity contribution in [1.29, 1.82) is 0 Å². The summed E-state index contributed by atoms with van der Waals surface area (Å²) in [4.78, 5) is 67.8. The Hall–Kier alpha value is -5.68. The SMILES string of the molecule is CCc1cc(Nc2ncc(Br)c(Nc3ccc4nccnc4c3P(C)(C)=O)n2)c(OC)cc1N1CCC(N2CCN(CCC3CCN(c4ccc5c(c4)CN(C4CCC(=O)NC4=O)C5=O)CC3)CC2)CC1. The van der Waals surface area contributed by atoms with Gasteiger partial charge in [0.1, 0.15) is 30.3 Å². The minimum Gasteiger partial charge on any atom is -0.494 e. The number of ether oxygens (including phenoxy) is 1. The van der Waals surface area contributed by atoms with Gasteiger partial charge in [-0.15, -0.1) is 0 Å². The maximum absolute atomic E-state index is 13.6. The lowest BCUT2D eigenvalue weighted by Gasteiger charge is -2.44. The molecule has 1 unspecified atom stereocenters. The number of imide groups is 1. The lowest BCUT2D eigenvalue weighted by Crippen LogP contribution is -2.53. The van der Waals surface area contributed by atoms with Crippen LogP contribution >= 0.6 is 23.1 Å². The average Bonchev–Trinajstić information content (AvgIpc) is 3.70. The van der Waals surface area contributed by atoms with Crippen molar-refractivity contribution >= 4 is 91.6 Å². The van der Waals surface area contributed by atoms with Gasteiger partial charge >= 0.3 is 0 Å². The molecule has 0 saturated carbocycles. The van der Waals surface area contributed by atoms with Gasteiger partial charge in [0.2, 0.25) is 17.8 Å². The molecule has 17 nitrogen and oxygen atoms in total. The highest BCUT2D eigenvalue weighted by atomic mass is 79.9. The van der Waals surface area contributed by atoms with Crippen LogP contribution in [0.4, 0.5) is 34.5 Å². The van der Waals surface area contributed by atoms with E-state index < -0.39 is 13.2 Å². The topological polar surface area (TPSA) is 181 Å². The van der Waals surface area contributed by atoms with E-state index in [9.17, 15) is 18.9 Å². The molecule has 3 amide bonds. The molecule has 5 aliphatic heterocycles. The molecule has 0 radical (unpaired) electrons. The van der Waals surface area contributed by atoms with Crippen molar-refractivity contribution in [2.45, 2.75) is 76.9 Å². The third-order valence-electron chi connectivity index (χ3n) is 15.2. The maximum Gasteiger partial charge on any atom is 0.255 e. The number of amides is 3. The first kappa shape index (κ1) is 48.9. The highest BCUT2D eigenvalue weighted by Crippen LogP contribution is 2.42. The minimum absolute atomic E-state index is 0.122. The number of piperazine rings is 1. The van der Waals surface area contributed by atoms with Crippen LogP contribution in [0, 0.1) is 5.92 Å². The maximum atomic E-state index is 13.6. The first-order chi connectivity index (χ1) is 34.3. The molecular weight excluding hydrogens is 984 g/mol. The van der Waals surface area contributed by atoms with Gasteiger partial charge in [-0.1, -0.05) is 6.92 Å². The zero-order valence-electron chi connectivity index (χ0n) is 41.1. The van der Waals surface area contributed by atoms with E-state index in [-0.39, 0.29) is 24.1 Å². The number of aromatic nitrogens is 4. The van der Waals surface area contributed by atoms with E-state index in [0.29, 0.717) is 68.8 Å². The summed E-state index contributed by atoms with van der Waals surface area (Å²) < 4.78 is 20.2. The van der Waals surface area contributed by atoms with Gasteiger partial charge in [0.05, 0.1) is 33.8 Å². The number of hydrogen-bond acceptors (Lipinski definition) is 15. The number of rotatable bonds is 14. The van der Waals surface area contributed by atoms with Crippen LogP contribution in [0.1, 0.15) is 73.4 Å². The molecule has 374 valence electrons. The van der Waals surface area contributed by atoms with Crippen LogP contribution in [0.15, 0.2) is 65.5 Å². The number of piperidine rings is 3. The molecular formula is C52H64BrN12O5P. The average molecular weight is 1050 g/mol. The molecule has 1 atom stereocenters. The number of hydrogen-bond donors (Lipinski definition) is 3. The second kappa shape index (κ2) is 20.8. The van der Waals surface area contributed by atoms with Crippen LogP contribution in [-0.4, -0.2) is 144 Å². The van der Waals surface area contributed by atoms with Crippen LogP contribution in [0.25, 0.3) is 11.0 Å². The Labute approximate surface area is 424 Å². The van der Waals surface area contributed by atoms with E-state index in [2.05, 4.69) is 97.6 Å². The number of carbonyl (C=O) groups is 3. The van der Waals surface area contributed by atoms with E-state index in [0.717, 1.165) is 114 Å². The molecule has 0 bridgehead atoms. The number of methoxy groups -OCH3 is 1. The molecule has 2 aromatic heterocycles. The molecule has 71 heavy (non-hydrogen) atoms. The van der Waals surface area contributed by atoms with E-state index in [4.69, 9.17) is 9.72 Å². The van der Waals surface area contributed by atoms with Crippen LogP contribution in [0.5, 0.6) is 5.75 Å². The number of fused-ring (bicyclic) bond motifs is 2. The number of aryl methyl sites for hydroxylation is 1. The van der Waals surface area contributed by atoms with Crippen molar-refractivity contribution in [1.82, 2.24) is 40.0 Å². The van der Waals surface area contributed by atoms with E-state index >= 15 is 0 Å². The summed E-state index contributed by atoms with van der Waals surface area (Å²) in [6.07, 6.45) is 12.2. The molecule has 0 spiro atoms. The van der Waals surface area contributed by atoms with Crippen molar-refractivity contribution < 1.29 is 23.7 Å². The summed E-state index contributed by atoms with van der Waals surface area (Å²) in [5, 5.41) is 9.83. The van der Waals surface area contributed by atoms with Crippen molar-refractivity contribution in [3.05, 3.63) is 82.2 Å². The predicted octanol–water partition coefficient (Wildman–Crippen LogP) is 7.14. The smallest absolute Gasteiger partial charge is 0.255 e. The second-order valence-corrected chi connectivity index (χ2v) is 24.0. The molecule has 4 saturated heterocycles. The third-order valence-corrected chi connectivity index (χ3v) is 17.4. The number of halogens is 1. The molecule has 5 aliphatic rings. The van der Waals surface area contributed by atoms with Gasteiger partial charge in [0.15, 0.2) is 0 Å². The van der Waals surface area contributed by atoms with Crippen molar-refractivity contribution in [3.63, 3.8) is 0 Å². The Morgan fingerprint density at radius 2 is 1.61 bits per heavy atom. The highest BCUT2D eigenvalue weighted by molar-refractivity contribution is 9.10. The van der Waals surface area contributed by atoms with Gasteiger partial charge in [-0.25, -0.2) is 4.98 Å². The molecule has 4 fully saturated rings. The fourth-order valence-electron chi connectivity index (χ4n) is 11.3. The van der Waals surface area contributed by atoms with E-state index in [1.807, 2.05) is 18.2 Å². The van der Waals surface area contributed by atoms with Crippen LogP contribution in [0.3, 0.4) is 0 Å². The number of anilines is 6. The van der Waals surface area contributed by atoms with Gasteiger partial charge in [-0.05, 0) is 134 Å². The standard InChI is InChI=1S/C52H64BrN12O5P/c1-5-34-29-42(58-52-56-31-39(53)49(60-52)57-41-9-8-40-47(55-18-17-54-40)48(41)71(3,4)69)45(70-2)30-44(34)64-22-15-36(16-23-64)63-26-24-61(25-27-63)19-12-33-13-20-62(21-14-33)37-6-7-38-35(28-37)32-65(51(38)68)43-10-11-46(66)59-50(43)67/h6-9,17-18,28-31,33,36,43H,5,10-16,19-27,32H2,1-4H3,(H,59,66,67)(H2,56,57,58,60). The molecule has 0 aliphatic carbocycles. The lowest BCUT2D eigenvalue weighted by molar-refractivity contribution is -0.136. The second-order valence-electron chi connectivity index (χ2n) is 20.0. The number of nitrogens with one attached hydrogen (secondary N) is 3. The minimum atomic E-state index is -2.77. The van der Waals surface area contributed by atoms with Crippen LogP contribution in [-0.2, 0) is 27.1 Å². The molecule has 10 rings (SSSR count). The third kappa shape index (κ3) is 10.5. The number of carbonyl (C=O) groups excluding carboxylic acids is 3. The van der Waals surface area contributed by atoms with Crippen molar-refractivity contribution in [3.8, 4) is 5.75 Å². The largest absolute Gasteiger partial charge is 0.494 e. The fraction of sp³-hybridized carbons (Fsp3) is 0.481. The fourth-order valence-corrected chi connectivity index (χ4v) is 13.0. The Balaban J connectivity index is 0.688. The molecule has 19 heteroatoms. The Kier molecular flexibility index (Phi) is 14.3. The quantitative estimate of drug-likeness (QED) is 0.0754. The zero-order chi connectivity index (χ0) is 49.4. The first-order valence-corrected chi connectivity index (χ1v) is 28.5. The molecule has 3 aromatic carbocycles. The lowest BCUT2D eigenvalue weighted by atomic mass is 9.92. The van der Waals surface area contributed by atoms with Gasteiger partial charge < -0.3 is 39.5 Å². The Morgan fingerprint density at radius 1 is 0.845 bits per heavy atom. The number of benzene rings is 3. The van der Waals surface area contributed by atoms with Crippen molar-refractivity contribution in [2.24, 2.45) is 5.92 Å². The summed E-state index contributed by atoms with van der Waals surface area (Å²) in [5.74, 6) is 1.57. The van der Waals surface area contributed by atoms with Gasteiger partial charge in [0, 0.05) is 113 Å². The number of nitrogens with zero attached hydrogens (tertiary/aromatic N) is 9. The molecule has 3 N–H and O–H groups in total. The Morgan fingerprint density at radius 3 is 2.34 bits per heavy atom. The van der Waals surface area contributed by atoms with Crippen LogP contribution in [0.2, 0.25) is 0 Å². The normalized spacial score (nSPS) is 19.9. The summed E-state index contributed by atoms with van der Waals surface area (Å²) >= 11 is 3.61. The Bertz CT molecular complexity index is 2880. The van der Waals surface area contributed by atoms with Gasteiger partial charge in [-0.2, -0.15) is 4.98 Å². The van der Waals surface area contributed by atoms with E-state index in [1.165, 1.54) is 17.7 Å². The zero-order valence-corrected chi connectivity index (χ0v) is 43.6. The van der Waals surface area contributed by atoms with Crippen molar-refractivity contribution in [2.75, 3.05) is 99.8 Å². The summed E-state index contributed by atoms with van der Waals surface area (Å²) in [7, 11) is -1.08. The monoisotopic (exact) mass is 1050 g/mol. The van der Waals surface area contributed by atoms with Gasteiger partial charge in [0.25, 0.3) is 5.91 Å². The first-order valence-electron chi connectivity index (χ1n) is 25.1. The summed E-state index contributed by atoms with van der Waals surface area (Å²) in [6, 6.07) is 14.1. The molecule has 5 aromatic rings. The summed E-state index contributed by atoms with van der Waals surface area (Å²) in [5.41, 5.74) is 7.93. The summed E-state index contributed by atoms with van der Waals surface area (Å²) in [6.45, 7) is 15.7. The highest BCUT2D eigenvalue weighted by Gasteiger charge is 2.39. The van der Waals surface area contributed by atoms with Crippen LogP contribution < -0.4 is 35.8 Å². The van der Waals surface area contributed by atoms with Gasteiger partial charge in [-0.3, -0.25) is 34.6 Å². The predicted molar refractivity (Wildman–Crippen MR) is 283 cm³/mol. The molecule has 7 heterocycles. The van der Waals surface area contributed by atoms with E-state index in [1.54, 1.807) is 43.9 Å².